The van der Waals surface area contributed by atoms with E-state index in [0.29, 0.717) is 5.56 Å². The number of phosphoric ester groups is 1. The van der Waals surface area contributed by atoms with Gasteiger partial charge in [0.2, 0.25) is 0 Å². The minimum atomic E-state index is -4.63. The molecule has 1 aliphatic rings. The minimum Gasteiger partial charge on any atom is -0.508 e. The van der Waals surface area contributed by atoms with Gasteiger partial charge in [-0.15, -0.1) is 0 Å². The van der Waals surface area contributed by atoms with Gasteiger partial charge in [-0.1, -0.05) is 17.7 Å². The van der Waals surface area contributed by atoms with Crippen LogP contribution in [0, 0.1) is 6.92 Å². The first-order valence-corrected chi connectivity index (χ1v) is 10.8. The van der Waals surface area contributed by atoms with Crippen LogP contribution in [0.15, 0.2) is 18.2 Å². The molecule has 1 aliphatic heterocycles. The molecule has 5 N–H and O–H groups in total. The van der Waals surface area contributed by atoms with Crippen molar-refractivity contribution in [1.29, 1.82) is 0 Å². The number of aromatic hydroxyl groups is 1. The number of phenolic OH excluding ortho intramolecular Hbond substituents is 1. The number of phenols is 1. The largest absolute Gasteiger partial charge is 0.508 e. The maximum atomic E-state index is 12.2. The molecule has 1 unspecified atom stereocenters. The first-order chi connectivity index (χ1) is 14.1. The molecule has 1 aromatic rings. The van der Waals surface area contributed by atoms with Crippen molar-refractivity contribution in [1.82, 2.24) is 0 Å². The summed E-state index contributed by atoms with van der Waals surface area (Å²) in [6.07, 6.45) is -1.54. The van der Waals surface area contributed by atoms with Crippen molar-refractivity contribution in [3.05, 3.63) is 29.3 Å². The number of aliphatic carboxylic acids is 1. The van der Waals surface area contributed by atoms with Crippen LogP contribution in [0.25, 0.3) is 0 Å². The highest BCUT2D eigenvalue weighted by Crippen LogP contribution is 2.46. The van der Waals surface area contributed by atoms with Crippen molar-refractivity contribution in [2.75, 3.05) is 19.8 Å². The molecule has 30 heavy (non-hydrogen) atoms. The van der Waals surface area contributed by atoms with Crippen molar-refractivity contribution >= 4 is 19.8 Å². The number of nitrogens with two attached hydrogens (primary N) is 1. The highest BCUT2D eigenvalue weighted by atomic mass is 31.2. The number of carbonyl (C=O) groups is 2. The summed E-state index contributed by atoms with van der Waals surface area (Å²) in [6.45, 7) is 1.31. The average Bonchev–Trinajstić information content (AvgIpc) is 2.68. The fraction of sp³-hybridized carbons (Fsp3) is 0.556. The second-order valence-electron chi connectivity index (χ2n) is 6.88. The Bertz CT molecular complexity index is 801. The van der Waals surface area contributed by atoms with Crippen LogP contribution in [0.1, 0.15) is 24.0 Å². The van der Waals surface area contributed by atoms with Gasteiger partial charge < -0.3 is 30.3 Å². The quantitative estimate of drug-likeness (QED) is 0.296. The summed E-state index contributed by atoms with van der Waals surface area (Å²) < 4.78 is 32.3. The van der Waals surface area contributed by atoms with E-state index in [1.165, 1.54) is 0 Å². The number of carboxylic acids is 1. The molecule has 1 heterocycles. The topological polar surface area (TPSA) is 175 Å². The molecule has 0 aliphatic carbocycles. The van der Waals surface area contributed by atoms with Gasteiger partial charge in [0.05, 0.1) is 13.2 Å². The van der Waals surface area contributed by atoms with Gasteiger partial charge in [-0.3, -0.25) is 18.6 Å². The zero-order chi connectivity index (χ0) is 22.3. The normalized spacial score (nSPS) is 22.1. The van der Waals surface area contributed by atoms with Gasteiger partial charge in [0, 0.05) is 19.4 Å². The highest BCUT2D eigenvalue weighted by molar-refractivity contribution is 7.47. The molecule has 0 amide bonds. The minimum absolute atomic E-state index is 0.0268. The number of hydrogen-bond donors (Lipinski definition) is 4. The van der Waals surface area contributed by atoms with E-state index >= 15 is 0 Å². The Morgan fingerprint density at radius 1 is 1.37 bits per heavy atom. The summed E-state index contributed by atoms with van der Waals surface area (Å²) in [7, 11) is -4.63. The van der Waals surface area contributed by atoms with Crippen LogP contribution in [0.3, 0.4) is 0 Å². The summed E-state index contributed by atoms with van der Waals surface area (Å²) in [5.74, 6) is -1.91. The number of phosphoric acid groups is 1. The van der Waals surface area contributed by atoms with Gasteiger partial charge in [0.25, 0.3) is 0 Å². The van der Waals surface area contributed by atoms with Crippen molar-refractivity contribution in [3.63, 3.8) is 0 Å². The molecule has 12 heteroatoms. The third-order valence-electron chi connectivity index (χ3n) is 4.36. The highest BCUT2D eigenvalue weighted by Gasteiger charge is 2.37. The number of carbonyl (C=O) groups excluding carboxylic acids is 1. The molecule has 0 spiro atoms. The molecule has 4 atom stereocenters. The predicted molar refractivity (Wildman–Crippen MR) is 103 cm³/mol. The fourth-order valence-corrected chi connectivity index (χ4v) is 3.74. The van der Waals surface area contributed by atoms with Crippen LogP contribution in [-0.4, -0.2) is 65.1 Å². The molecule has 0 saturated carbocycles. The summed E-state index contributed by atoms with van der Waals surface area (Å²) >= 11 is 0. The van der Waals surface area contributed by atoms with Crippen LogP contribution in [0.5, 0.6) is 5.75 Å². The number of ether oxygens (including phenoxy) is 2. The first kappa shape index (κ1) is 24.3. The number of hydrogen-bond acceptors (Lipinski definition) is 9. The predicted octanol–water partition coefficient (Wildman–Crippen LogP) is 0.879. The van der Waals surface area contributed by atoms with Gasteiger partial charge in [-0.25, -0.2) is 4.57 Å². The number of aryl methyl sites for hydroxylation is 2. The SMILES string of the molecule is Cc1ccc(O)c(CCC(=O)O[C@H]2COCC[C@@H]2OP(=O)(O)OC[C@H](N)C(=O)O)c1. The lowest BCUT2D eigenvalue weighted by Crippen LogP contribution is -2.42. The van der Waals surface area contributed by atoms with Crippen LogP contribution in [0.4, 0.5) is 0 Å². The van der Waals surface area contributed by atoms with E-state index in [2.05, 4.69) is 4.52 Å². The van der Waals surface area contributed by atoms with E-state index < -0.39 is 44.6 Å². The Labute approximate surface area is 173 Å². The Kier molecular flexibility index (Phi) is 8.78. The second-order valence-corrected chi connectivity index (χ2v) is 8.28. The maximum Gasteiger partial charge on any atom is 0.472 e. The number of benzene rings is 1. The van der Waals surface area contributed by atoms with Gasteiger partial charge >= 0.3 is 19.8 Å². The monoisotopic (exact) mass is 447 g/mol. The second kappa shape index (κ2) is 10.9. The fourth-order valence-electron chi connectivity index (χ4n) is 2.75. The Hall–Kier alpha value is -2.01. The Balaban J connectivity index is 1.89. The van der Waals surface area contributed by atoms with Gasteiger partial charge in [-0.2, -0.15) is 0 Å². The summed E-state index contributed by atoms with van der Waals surface area (Å²) in [4.78, 5) is 32.7. The average molecular weight is 447 g/mol. The third-order valence-corrected chi connectivity index (χ3v) is 5.38. The molecule has 0 bridgehead atoms. The van der Waals surface area contributed by atoms with Gasteiger partial charge in [0.15, 0.2) is 6.10 Å². The lowest BCUT2D eigenvalue weighted by atomic mass is 10.1. The number of esters is 1. The van der Waals surface area contributed by atoms with Crippen LogP contribution in [0.2, 0.25) is 0 Å². The summed E-state index contributed by atoms with van der Waals surface area (Å²) in [6, 6.07) is 3.57. The molecular weight excluding hydrogens is 421 g/mol. The Morgan fingerprint density at radius 2 is 2.10 bits per heavy atom. The van der Waals surface area contributed by atoms with Crippen LogP contribution in [-0.2, 0) is 39.1 Å². The van der Waals surface area contributed by atoms with E-state index in [0.717, 1.165) is 5.56 Å². The zero-order valence-corrected chi connectivity index (χ0v) is 17.3. The molecule has 1 fully saturated rings. The summed E-state index contributed by atoms with van der Waals surface area (Å²) in [5, 5.41) is 18.6. The Morgan fingerprint density at radius 3 is 2.80 bits per heavy atom. The third kappa shape index (κ3) is 7.67. The standard InChI is InChI=1S/C18H26NO10P/c1-11-2-4-14(20)12(8-11)3-5-17(21)28-16-10-26-7-6-15(16)29-30(24,25)27-9-13(19)18(22)23/h2,4,8,13,15-16,20H,3,5-7,9-10,19H2,1H3,(H,22,23)(H,24,25)/t13-,15-,16-/m0/s1. The lowest BCUT2D eigenvalue weighted by molar-refractivity contribution is -0.166. The molecule has 0 aromatic heterocycles. The molecule has 1 saturated heterocycles. The summed E-state index contributed by atoms with van der Waals surface area (Å²) in [5.41, 5.74) is 6.77. The molecule has 2 rings (SSSR count). The van der Waals surface area contributed by atoms with Crippen molar-refractivity contribution in [2.45, 2.75) is 44.4 Å². The van der Waals surface area contributed by atoms with Gasteiger partial charge in [-0.05, 0) is 25.0 Å². The van der Waals surface area contributed by atoms with E-state index in [1.807, 2.05) is 6.92 Å². The van der Waals surface area contributed by atoms with E-state index in [-0.39, 0.29) is 38.2 Å². The first-order valence-electron chi connectivity index (χ1n) is 9.27. The van der Waals surface area contributed by atoms with E-state index in [9.17, 15) is 24.2 Å². The van der Waals surface area contributed by atoms with E-state index in [4.69, 9.17) is 24.8 Å². The number of carboxylic acid groups (broad SMARTS) is 1. The number of rotatable bonds is 10. The van der Waals surface area contributed by atoms with Crippen LogP contribution < -0.4 is 5.73 Å². The maximum absolute atomic E-state index is 12.2. The van der Waals surface area contributed by atoms with Crippen molar-refractivity contribution in [2.24, 2.45) is 5.73 Å². The molecular formula is C18H26NO10P. The smallest absolute Gasteiger partial charge is 0.472 e. The van der Waals surface area contributed by atoms with Crippen molar-refractivity contribution in [3.8, 4) is 5.75 Å². The van der Waals surface area contributed by atoms with Gasteiger partial charge in [0.1, 0.15) is 17.9 Å². The zero-order valence-electron chi connectivity index (χ0n) is 16.4. The molecule has 168 valence electrons. The molecule has 11 nitrogen and oxygen atoms in total. The van der Waals surface area contributed by atoms with E-state index in [1.54, 1.807) is 18.2 Å². The molecule has 1 aromatic carbocycles. The van der Waals surface area contributed by atoms with Crippen LogP contribution >= 0.6 is 7.82 Å². The molecule has 0 radical (unpaired) electrons. The van der Waals surface area contributed by atoms with Crippen molar-refractivity contribution < 1.29 is 47.8 Å². The lowest BCUT2D eigenvalue weighted by Gasteiger charge is -2.31.